The smallest absolute Gasteiger partial charge is 0.259 e. The van der Waals surface area contributed by atoms with Gasteiger partial charge in [0.15, 0.2) is 5.43 Å². The van der Waals surface area contributed by atoms with Crippen LogP contribution in [0.1, 0.15) is 16.8 Å². The normalized spacial score (nSPS) is 19.3. The average Bonchev–Trinajstić information content (AvgIpc) is 2.78. The Hall–Kier alpha value is -2.11. The minimum Gasteiger partial charge on any atom is -0.369 e. The summed E-state index contributed by atoms with van der Waals surface area (Å²) >= 11 is 0. The molecule has 0 bridgehead atoms. The van der Waals surface area contributed by atoms with E-state index in [2.05, 4.69) is 4.98 Å². The highest BCUT2D eigenvalue weighted by Crippen LogP contribution is 2.17. The van der Waals surface area contributed by atoms with Crippen LogP contribution in [-0.4, -0.2) is 34.8 Å². The van der Waals surface area contributed by atoms with Crippen LogP contribution in [0.5, 0.6) is 0 Å². The number of hydrogen-bond acceptors (Lipinski definition) is 3. The van der Waals surface area contributed by atoms with Crippen molar-refractivity contribution in [3.8, 4) is 0 Å². The molecule has 1 atom stereocenters. The molecule has 6 heteroatoms. The summed E-state index contributed by atoms with van der Waals surface area (Å²) in [4.78, 5) is 38.6. The molecule has 0 aliphatic carbocycles. The Morgan fingerprint density at radius 1 is 1.47 bits per heavy atom. The van der Waals surface area contributed by atoms with E-state index in [1.165, 1.54) is 23.4 Å². The van der Waals surface area contributed by atoms with Crippen LogP contribution in [0.15, 0.2) is 23.3 Å². The molecule has 0 aromatic carbocycles. The zero-order valence-corrected chi connectivity index (χ0v) is 9.18. The fourth-order valence-electron chi connectivity index (χ4n) is 1.93. The van der Waals surface area contributed by atoms with Crippen LogP contribution < -0.4 is 11.2 Å². The Morgan fingerprint density at radius 3 is 2.82 bits per heavy atom. The molecule has 1 aliphatic rings. The minimum atomic E-state index is -0.401. The molecule has 1 aromatic rings. The molecule has 6 nitrogen and oxygen atoms in total. The van der Waals surface area contributed by atoms with Crippen molar-refractivity contribution in [1.82, 2.24) is 9.88 Å². The molecule has 90 valence electrons. The number of primary amides is 1. The van der Waals surface area contributed by atoms with Gasteiger partial charge in [0.1, 0.15) is 5.56 Å². The zero-order chi connectivity index (χ0) is 12.4. The maximum atomic E-state index is 12.0. The molecule has 2 rings (SSSR count). The second-order valence-electron chi connectivity index (χ2n) is 4.06. The summed E-state index contributed by atoms with van der Waals surface area (Å²) in [5.41, 5.74) is 4.96. The van der Waals surface area contributed by atoms with Gasteiger partial charge in [0.25, 0.3) is 5.91 Å². The Bertz CT molecular complexity index is 509. The minimum absolute atomic E-state index is 0.0950. The summed E-state index contributed by atoms with van der Waals surface area (Å²) in [6.07, 6.45) is 3.41. The van der Waals surface area contributed by atoms with Crippen molar-refractivity contribution in [1.29, 1.82) is 0 Å². The average molecular weight is 235 g/mol. The van der Waals surface area contributed by atoms with Gasteiger partial charge in [-0.1, -0.05) is 0 Å². The maximum absolute atomic E-state index is 12.0. The molecule has 1 fully saturated rings. The summed E-state index contributed by atoms with van der Waals surface area (Å²) < 4.78 is 0. The standard InChI is InChI=1S/C11H13N3O3/c12-10(16)7-2-4-14(6-7)11(17)8-5-13-3-1-9(8)15/h1,3,5,7H,2,4,6H2,(H2,12,16)(H,13,15). The van der Waals surface area contributed by atoms with Gasteiger partial charge in [0.05, 0.1) is 5.92 Å². The highest BCUT2D eigenvalue weighted by molar-refractivity contribution is 5.94. The summed E-state index contributed by atoms with van der Waals surface area (Å²) in [5, 5.41) is 0. The molecule has 1 aliphatic heterocycles. The summed E-state index contributed by atoms with van der Waals surface area (Å²) in [7, 11) is 0. The third-order valence-corrected chi connectivity index (χ3v) is 2.93. The van der Waals surface area contributed by atoms with E-state index >= 15 is 0 Å². The van der Waals surface area contributed by atoms with Gasteiger partial charge < -0.3 is 15.6 Å². The second-order valence-corrected chi connectivity index (χ2v) is 4.06. The fourth-order valence-corrected chi connectivity index (χ4v) is 1.93. The summed E-state index contributed by atoms with van der Waals surface area (Å²) in [6.45, 7) is 0.753. The van der Waals surface area contributed by atoms with Crippen molar-refractivity contribution in [2.75, 3.05) is 13.1 Å². The van der Waals surface area contributed by atoms with Crippen LogP contribution >= 0.6 is 0 Å². The van der Waals surface area contributed by atoms with E-state index in [1.54, 1.807) is 0 Å². The number of nitrogens with zero attached hydrogens (tertiary/aromatic N) is 1. The van der Waals surface area contributed by atoms with E-state index in [-0.39, 0.29) is 22.8 Å². The molecular weight excluding hydrogens is 222 g/mol. The van der Waals surface area contributed by atoms with Crippen molar-refractivity contribution >= 4 is 11.8 Å². The number of rotatable bonds is 2. The van der Waals surface area contributed by atoms with Gasteiger partial charge in [-0.2, -0.15) is 0 Å². The highest BCUT2D eigenvalue weighted by atomic mass is 16.2. The van der Waals surface area contributed by atoms with Gasteiger partial charge >= 0.3 is 0 Å². The van der Waals surface area contributed by atoms with Gasteiger partial charge in [0, 0.05) is 31.5 Å². The Kier molecular flexibility index (Phi) is 2.95. The Balaban J connectivity index is 2.15. The van der Waals surface area contributed by atoms with Crippen molar-refractivity contribution in [3.05, 3.63) is 34.2 Å². The Labute approximate surface area is 97.4 Å². The van der Waals surface area contributed by atoms with E-state index < -0.39 is 5.91 Å². The highest BCUT2D eigenvalue weighted by Gasteiger charge is 2.30. The number of carbonyl (C=O) groups excluding carboxylic acids is 2. The van der Waals surface area contributed by atoms with Crippen molar-refractivity contribution < 1.29 is 9.59 Å². The summed E-state index contributed by atoms with van der Waals surface area (Å²) in [6, 6.07) is 1.30. The SMILES string of the molecule is NC(=O)C1CCN(C(=O)c2c[nH]ccc2=O)C1. The van der Waals surface area contributed by atoms with Gasteiger partial charge in [-0.25, -0.2) is 0 Å². The van der Waals surface area contributed by atoms with Crippen LogP contribution in [0.25, 0.3) is 0 Å². The zero-order valence-electron chi connectivity index (χ0n) is 9.18. The number of carbonyl (C=O) groups is 2. The topological polar surface area (TPSA) is 96.3 Å². The van der Waals surface area contributed by atoms with Crippen molar-refractivity contribution in [2.24, 2.45) is 11.7 Å². The van der Waals surface area contributed by atoms with E-state index in [9.17, 15) is 14.4 Å². The van der Waals surface area contributed by atoms with Crippen molar-refractivity contribution in [3.63, 3.8) is 0 Å². The Morgan fingerprint density at radius 2 is 2.24 bits per heavy atom. The van der Waals surface area contributed by atoms with Crippen LogP contribution in [0.2, 0.25) is 0 Å². The first kappa shape index (κ1) is 11.4. The van der Waals surface area contributed by atoms with E-state index in [0.717, 1.165) is 0 Å². The predicted octanol–water partition coefficient (Wildman–Crippen LogP) is -0.678. The lowest BCUT2D eigenvalue weighted by atomic mass is 10.1. The lowest BCUT2D eigenvalue weighted by Gasteiger charge is -2.15. The van der Waals surface area contributed by atoms with E-state index in [1.807, 2.05) is 0 Å². The third-order valence-electron chi connectivity index (χ3n) is 2.93. The molecular formula is C11H13N3O3. The molecule has 2 heterocycles. The fraction of sp³-hybridized carbons (Fsp3) is 0.364. The quantitative estimate of drug-likeness (QED) is 0.711. The number of nitrogens with two attached hydrogens (primary N) is 1. The molecule has 0 spiro atoms. The summed E-state index contributed by atoms with van der Waals surface area (Å²) in [5.74, 6) is -1.06. The van der Waals surface area contributed by atoms with Crippen LogP contribution in [-0.2, 0) is 4.79 Å². The molecule has 1 saturated heterocycles. The first-order valence-corrected chi connectivity index (χ1v) is 5.35. The number of H-pyrrole nitrogens is 1. The van der Waals surface area contributed by atoms with Gasteiger partial charge in [-0.05, 0) is 6.42 Å². The van der Waals surface area contributed by atoms with E-state index in [4.69, 9.17) is 5.73 Å². The van der Waals surface area contributed by atoms with Crippen LogP contribution in [0.4, 0.5) is 0 Å². The number of aromatic nitrogens is 1. The molecule has 0 saturated carbocycles. The third kappa shape index (κ3) is 2.20. The molecule has 3 N–H and O–H groups in total. The number of nitrogens with one attached hydrogen (secondary N) is 1. The monoisotopic (exact) mass is 235 g/mol. The molecule has 1 aromatic heterocycles. The predicted molar refractivity (Wildman–Crippen MR) is 60.3 cm³/mol. The number of likely N-dealkylation sites (tertiary alicyclic amines) is 1. The molecule has 2 amide bonds. The lowest BCUT2D eigenvalue weighted by Crippen LogP contribution is -2.34. The number of amides is 2. The van der Waals surface area contributed by atoms with Gasteiger partial charge in [-0.15, -0.1) is 0 Å². The lowest BCUT2D eigenvalue weighted by molar-refractivity contribution is -0.121. The number of pyridine rings is 1. The number of aromatic amines is 1. The second kappa shape index (κ2) is 4.40. The first-order valence-electron chi connectivity index (χ1n) is 5.35. The van der Waals surface area contributed by atoms with Crippen LogP contribution in [0.3, 0.4) is 0 Å². The van der Waals surface area contributed by atoms with Crippen LogP contribution in [0, 0.1) is 5.92 Å². The van der Waals surface area contributed by atoms with Gasteiger partial charge in [-0.3, -0.25) is 14.4 Å². The largest absolute Gasteiger partial charge is 0.369 e. The van der Waals surface area contributed by atoms with E-state index in [0.29, 0.717) is 19.5 Å². The molecule has 1 unspecified atom stereocenters. The van der Waals surface area contributed by atoms with Gasteiger partial charge in [0.2, 0.25) is 5.91 Å². The number of hydrogen-bond donors (Lipinski definition) is 2. The first-order chi connectivity index (χ1) is 8.09. The molecule has 17 heavy (non-hydrogen) atoms. The maximum Gasteiger partial charge on any atom is 0.259 e. The van der Waals surface area contributed by atoms with Crippen molar-refractivity contribution in [2.45, 2.75) is 6.42 Å². The molecule has 0 radical (unpaired) electrons.